The molecule has 26 heavy (non-hydrogen) atoms. The lowest BCUT2D eigenvalue weighted by molar-refractivity contribution is 0.0935. The minimum Gasteiger partial charge on any atom is -0.347 e. The molecule has 1 fully saturated rings. The van der Waals surface area contributed by atoms with Gasteiger partial charge in [-0.1, -0.05) is 12.1 Å². The van der Waals surface area contributed by atoms with Crippen molar-refractivity contribution < 1.29 is 9.59 Å². The quantitative estimate of drug-likeness (QED) is 0.888. The van der Waals surface area contributed by atoms with Crippen LogP contribution in [0.5, 0.6) is 0 Å². The van der Waals surface area contributed by atoms with Crippen LogP contribution < -0.4 is 10.6 Å². The fourth-order valence-electron chi connectivity index (χ4n) is 3.44. The van der Waals surface area contributed by atoms with Crippen LogP contribution in [0.4, 0.5) is 5.69 Å². The van der Waals surface area contributed by atoms with Crippen molar-refractivity contribution in [3.05, 3.63) is 46.5 Å². The van der Waals surface area contributed by atoms with Crippen molar-refractivity contribution in [1.82, 2.24) is 14.9 Å². The number of aryl methyl sites for hydroxylation is 1. The van der Waals surface area contributed by atoms with E-state index in [4.69, 9.17) is 0 Å². The molecule has 1 aromatic carbocycles. The third-order valence-corrected chi connectivity index (χ3v) is 5.30. The van der Waals surface area contributed by atoms with Crippen LogP contribution in [0.3, 0.4) is 0 Å². The molecule has 0 saturated heterocycles. The van der Waals surface area contributed by atoms with E-state index in [-0.39, 0.29) is 17.9 Å². The van der Waals surface area contributed by atoms with Gasteiger partial charge in [-0.2, -0.15) is 0 Å². The minimum absolute atomic E-state index is 0.165. The Morgan fingerprint density at radius 2 is 1.96 bits per heavy atom. The molecule has 6 heteroatoms. The van der Waals surface area contributed by atoms with Gasteiger partial charge in [0.2, 0.25) is 0 Å². The van der Waals surface area contributed by atoms with E-state index in [1.807, 2.05) is 36.6 Å². The number of nitrogens with one attached hydrogen (secondary N) is 2. The van der Waals surface area contributed by atoms with Crippen molar-refractivity contribution in [2.45, 2.75) is 58.5 Å². The van der Waals surface area contributed by atoms with Crippen LogP contribution in [-0.2, 0) is 13.0 Å². The van der Waals surface area contributed by atoms with Crippen molar-refractivity contribution >= 4 is 17.5 Å². The molecular weight excluding hydrogens is 328 g/mol. The lowest BCUT2D eigenvalue weighted by atomic mass is 10.1. The van der Waals surface area contributed by atoms with E-state index in [0.717, 1.165) is 61.2 Å². The number of anilines is 1. The highest BCUT2D eigenvalue weighted by Crippen LogP contribution is 2.25. The van der Waals surface area contributed by atoms with E-state index in [2.05, 4.69) is 15.6 Å². The molecule has 2 aromatic rings. The predicted octanol–water partition coefficient (Wildman–Crippen LogP) is 2.98. The number of hydrogen-bond donors (Lipinski definition) is 2. The summed E-state index contributed by atoms with van der Waals surface area (Å²) in [7, 11) is 0. The summed E-state index contributed by atoms with van der Waals surface area (Å²) in [6, 6.07) is 6.11. The zero-order valence-electron chi connectivity index (χ0n) is 15.3. The number of imidazole rings is 1. The SMILES string of the molecule is Cc1cccc(NC(=O)c2nc(C(=O)NC3CC3)n3c2CCCC3)c1C. The Hall–Kier alpha value is -2.63. The number of fused-ring (bicyclic) bond motifs is 1. The van der Waals surface area contributed by atoms with E-state index < -0.39 is 0 Å². The summed E-state index contributed by atoms with van der Waals surface area (Å²) in [5.74, 6) is -0.0334. The Bertz CT molecular complexity index is 880. The first-order chi connectivity index (χ1) is 12.5. The number of carbonyl (C=O) groups excluding carboxylic acids is 2. The topological polar surface area (TPSA) is 76.0 Å². The standard InChI is InChI=1S/C20H24N4O2/c1-12-6-5-7-15(13(12)2)22-19(25)17-16-8-3-4-11-24(16)18(23-17)20(26)21-14-9-10-14/h5-7,14H,3-4,8-11H2,1-2H3,(H,21,26)(H,22,25). The summed E-state index contributed by atoms with van der Waals surface area (Å²) in [5.41, 5.74) is 4.21. The van der Waals surface area contributed by atoms with Crippen LogP contribution in [0.15, 0.2) is 18.2 Å². The number of aromatic nitrogens is 2. The van der Waals surface area contributed by atoms with Crippen molar-refractivity contribution in [3.8, 4) is 0 Å². The van der Waals surface area contributed by atoms with Gasteiger partial charge in [0.15, 0.2) is 11.5 Å². The Labute approximate surface area is 153 Å². The maximum absolute atomic E-state index is 12.9. The smallest absolute Gasteiger partial charge is 0.287 e. The molecule has 136 valence electrons. The molecule has 4 rings (SSSR count). The van der Waals surface area contributed by atoms with Gasteiger partial charge in [0.05, 0.1) is 5.69 Å². The number of benzene rings is 1. The van der Waals surface area contributed by atoms with Crippen molar-refractivity contribution in [2.24, 2.45) is 0 Å². The normalized spacial score (nSPS) is 16.1. The lowest BCUT2D eigenvalue weighted by Gasteiger charge is -2.17. The molecule has 1 aliphatic heterocycles. The largest absolute Gasteiger partial charge is 0.347 e. The predicted molar refractivity (Wildman–Crippen MR) is 99.5 cm³/mol. The third kappa shape index (κ3) is 3.11. The number of amides is 2. The highest BCUT2D eigenvalue weighted by Gasteiger charge is 2.30. The van der Waals surface area contributed by atoms with Gasteiger partial charge in [0, 0.05) is 18.3 Å². The molecule has 2 amide bonds. The molecule has 0 atom stereocenters. The van der Waals surface area contributed by atoms with E-state index in [9.17, 15) is 9.59 Å². The molecule has 1 saturated carbocycles. The van der Waals surface area contributed by atoms with Crippen LogP contribution in [0, 0.1) is 13.8 Å². The number of nitrogens with zero attached hydrogens (tertiary/aromatic N) is 2. The van der Waals surface area contributed by atoms with Gasteiger partial charge >= 0.3 is 0 Å². The first-order valence-corrected chi connectivity index (χ1v) is 9.32. The third-order valence-electron chi connectivity index (χ3n) is 5.30. The Balaban J connectivity index is 1.64. The molecule has 1 aromatic heterocycles. The molecule has 0 spiro atoms. The summed E-state index contributed by atoms with van der Waals surface area (Å²) in [4.78, 5) is 29.9. The lowest BCUT2D eigenvalue weighted by Crippen LogP contribution is -2.29. The van der Waals surface area contributed by atoms with E-state index in [0.29, 0.717) is 11.5 Å². The fourth-order valence-corrected chi connectivity index (χ4v) is 3.44. The maximum Gasteiger partial charge on any atom is 0.287 e. The molecule has 1 aliphatic carbocycles. The number of carbonyl (C=O) groups is 2. The van der Waals surface area contributed by atoms with Crippen molar-refractivity contribution in [1.29, 1.82) is 0 Å². The van der Waals surface area contributed by atoms with Crippen LogP contribution in [-0.4, -0.2) is 27.4 Å². The van der Waals surface area contributed by atoms with Crippen molar-refractivity contribution in [3.63, 3.8) is 0 Å². The average Bonchev–Trinajstić information content (AvgIpc) is 3.35. The molecule has 0 bridgehead atoms. The summed E-state index contributed by atoms with van der Waals surface area (Å²) in [6.07, 6.45) is 4.85. The number of rotatable bonds is 4. The first-order valence-electron chi connectivity index (χ1n) is 9.32. The van der Waals surface area contributed by atoms with Gasteiger partial charge in [-0.05, 0) is 63.1 Å². The molecule has 2 N–H and O–H groups in total. The minimum atomic E-state index is -0.241. The summed E-state index contributed by atoms with van der Waals surface area (Å²) >= 11 is 0. The van der Waals surface area contributed by atoms with Gasteiger partial charge in [-0.15, -0.1) is 0 Å². The Kier molecular flexibility index (Phi) is 4.26. The number of hydrogen-bond acceptors (Lipinski definition) is 3. The van der Waals surface area contributed by atoms with Crippen molar-refractivity contribution in [2.75, 3.05) is 5.32 Å². The van der Waals surface area contributed by atoms with Gasteiger partial charge < -0.3 is 15.2 Å². The Morgan fingerprint density at radius 3 is 2.73 bits per heavy atom. The first kappa shape index (κ1) is 16.8. The molecule has 6 nitrogen and oxygen atoms in total. The van der Waals surface area contributed by atoms with Crippen LogP contribution >= 0.6 is 0 Å². The molecular formula is C20H24N4O2. The maximum atomic E-state index is 12.9. The summed E-state index contributed by atoms with van der Waals surface area (Å²) < 4.78 is 1.93. The van der Waals surface area contributed by atoms with Gasteiger partial charge in [-0.3, -0.25) is 9.59 Å². The van der Waals surface area contributed by atoms with Crippen LogP contribution in [0.2, 0.25) is 0 Å². The highest BCUT2D eigenvalue weighted by molar-refractivity contribution is 6.05. The zero-order valence-corrected chi connectivity index (χ0v) is 15.3. The van der Waals surface area contributed by atoms with E-state index in [1.165, 1.54) is 0 Å². The van der Waals surface area contributed by atoms with Crippen LogP contribution in [0.25, 0.3) is 0 Å². The fraction of sp³-hybridized carbons (Fsp3) is 0.450. The summed E-state index contributed by atoms with van der Waals surface area (Å²) in [6.45, 7) is 4.75. The summed E-state index contributed by atoms with van der Waals surface area (Å²) in [5, 5.41) is 5.96. The second-order valence-electron chi connectivity index (χ2n) is 7.29. The molecule has 2 aliphatic rings. The molecule has 0 radical (unpaired) electrons. The van der Waals surface area contributed by atoms with Gasteiger partial charge in [0.25, 0.3) is 11.8 Å². The Morgan fingerprint density at radius 1 is 1.15 bits per heavy atom. The average molecular weight is 352 g/mol. The van der Waals surface area contributed by atoms with Crippen LogP contribution in [0.1, 0.15) is 63.6 Å². The second kappa shape index (κ2) is 6.59. The monoisotopic (exact) mass is 352 g/mol. The van der Waals surface area contributed by atoms with E-state index in [1.54, 1.807) is 0 Å². The highest BCUT2D eigenvalue weighted by atomic mass is 16.2. The van der Waals surface area contributed by atoms with Gasteiger partial charge in [-0.25, -0.2) is 4.98 Å². The molecule has 0 unspecified atom stereocenters. The second-order valence-corrected chi connectivity index (χ2v) is 7.29. The van der Waals surface area contributed by atoms with Gasteiger partial charge in [0.1, 0.15) is 0 Å². The van der Waals surface area contributed by atoms with E-state index >= 15 is 0 Å². The zero-order chi connectivity index (χ0) is 18.3. The molecule has 2 heterocycles.